The molecule has 1 fully saturated rings. The first-order chi connectivity index (χ1) is 5.16. The van der Waals surface area contributed by atoms with Crippen LogP contribution in [0, 0.1) is 5.92 Å². The molecule has 4 heteroatoms. The summed E-state index contributed by atoms with van der Waals surface area (Å²) in [5.41, 5.74) is 0. The summed E-state index contributed by atoms with van der Waals surface area (Å²) in [6.07, 6.45) is 0.782. The van der Waals surface area contributed by atoms with Crippen molar-refractivity contribution in [1.29, 1.82) is 0 Å². The van der Waals surface area contributed by atoms with Crippen LogP contribution in [0.3, 0.4) is 0 Å². The second-order valence-corrected chi connectivity index (χ2v) is 3.00. The molecule has 1 aliphatic heterocycles. The van der Waals surface area contributed by atoms with Crippen LogP contribution in [0.2, 0.25) is 0 Å². The summed E-state index contributed by atoms with van der Waals surface area (Å²) in [6.45, 7) is 0.740. The van der Waals surface area contributed by atoms with E-state index in [2.05, 4.69) is 0 Å². The molecule has 2 atom stereocenters. The first-order valence-electron chi connectivity index (χ1n) is 3.70. The van der Waals surface area contributed by atoms with Crippen molar-refractivity contribution in [2.24, 2.45) is 5.92 Å². The molecule has 1 aliphatic rings. The van der Waals surface area contributed by atoms with Crippen molar-refractivity contribution in [1.82, 2.24) is 4.90 Å². The lowest BCUT2D eigenvalue weighted by atomic mass is 10.0. The second kappa shape index (κ2) is 3.19. The van der Waals surface area contributed by atoms with Crippen molar-refractivity contribution in [3.8, 4) is 0 Å². The number of aliphatic hydroxyl groups excluding tert-OH is 1. The Bertz CT molecular complexity index is 160. The SMILES string of the molecule is CN1CC[C@@H](CO)[C@H]1C(=O)O. The molecular formula is C7H13NO3. The van der Waals surface area contributed by atoms with E-state index in [1.54, 1.807) is 11.9 Å². The fraction of sp³-hybridized carbons (Fsp3) is 0.857. The molecule has 64 valence electrons. The Balaban J connectivity index is 2.63. The van der Waals surface area contributed by atoms with Gasteiger partial charge in [0.05, 0.1) is 0 Å². The Kier molecular flexibility index (Phi) is 2.46. The highest BCUT2D eigenvalue weighted by atomic mass is 16.4. The highest BCUT2D eigenvalue weighted by Gasteiger charge is 2.36. The molecule has 0 radical (unpaired) electrons. The minimum atomic E-state index is -0.830. The fourth-order valence-electron chi connectivity index (χ4n) is 1.61. The molecule has 0 amide bonds. The van der Waals surface area contributed by atoms with E-state index in [1.807, 2.05) is 0 Å². The van der Waals surface area contributed by atoms with Gasteiger partial charge in [0, 0.05) is 12.5 Å². The summed E-state index contributed by atoms with van der Waals surface area (Å²) < 4.78 is 0. The number of carboxylic acids is 1. The van der Waals surface area contributed by atoms with E-state index in [4.69, 9.17) is 10.2 Å². The number of carboxylic acid groups (broad SMARTS) is 1. The quantitative estimate of drug-likeness (QED) is 0.564. The lowest BCUT2D eigenvalue weighted by molar-refractivity contribution is -0.143. The Hall–Kier alpha value is -0.610. The number of likely N-dealkylation sites (N-methyl/N-ethyl adjacent to an activating group) is 1. The molecule has 0 aromatic heterocycles. The Morgan fingerprint density at radius 3 is 2.73 bits per heavy atom. The molecule has 0 aliphatic carbocycles. The van der Waals surface area contributed by atoms with E-state index in [1.165, 1.54) is 0 Å². The van der Waals surface area contributed by atoms with Crippen LogP contribution in [0.25, 0.3) is 0 Å². The second-order valence-electron chi connectivity index (χ2n) is 3.00. The van der Waals surface area contributed by atoms with Gasteiger partial charge in [-0.3, -0.25) is 9.69 Å². The van der Waals surface area contributed by atoms with Gasteiger partial charge in [0.15, 0.2) is 0 Å². The number of rotatable bonds is 2. The third kappa shape index (κ3) is 1.52. The molecule has 1 rings (SSSR count). The van der Waals surface area contributed by atoms with E-state index >= 15 is 0 Å². The van der Waals surface area contributed by atoms with Gasteiger partial charge in [-0.2, -0.15) is 0 Å². The molecule has 0 bridgehead atoms. The average Bonchev–Trinajstić information content (AvgIpc) is 2.30. The molecule has 2 N–H and O–H groups in total. The van der Waals surface area contributed by atoms with Gasteiger partial charge < -0.3 is 10.2 Å². The van der Waals surface area contributed by atoms with Crippen LogP contribution in [-0.4, -0.2) is 47.3 Å². The molecular weight excluding hydrogens is 146 g/mol. The first-order valence-corrected chi connectivity index (χ1v) is 3.70. The lowest BCUT2D eigenvalue weighted by Crippen LogP contribution is -2.38. The van der Waals surface area contributed by atoms with Gasteiger partial charge in [0.2, 0.25) is 0 Å². The summed E-state index contributed by atoms with van der Waals surface area (Å²) in [4.78, 5) is 12.4. The van der Waals surface area contributed by atoms with Gasteiger partial charge >= 0.3 is 5.97 Å². The van der Waals surface area contributed by atoms with Crippen molar-refractivity contribution < 1.29 is 15.0 Å². The molecule has 0 aromatic carbocycles. The number of hydrogen-bond donors (Lipinski definition) is 2. The van der Waals surface area contributed by atoms with Gasteiger partial charge in [-0.15, -0.1) is 0 Å². The molecule has 1 saturated heterocycles. The molecule has 1 heterocycles. The zero-order valence-corrected chi connectivity index (χ0v) is 6.53. The van der Waals surface area contributed by atoms with Gasteiger partial charge in [-0.05, 0) is 20.0 Å². The maximum absolute atomic E-state index is 10.6. The normalized spacial score (nSPS) is 32.5. The van der Waals surface area contributed by atoms with Crippen LogP contribution in [0.1, 0.15) is 6.42 Å². The number of nitrogens with zero attached hydrogens (tertiary/aromatic N) is 1. The molecule has 11 heavy (non-hydrogen) atoms. The fourth-order valence-corrected chi connectivity index (χ4v) is 1.61. The van der Waals surface area contributed by atoms with Crippen LogP contribution >= 0.6 is 0 Å². The van der Waals surface area contributed by atoms with E-state index in [0.717, 1.165) is 13.0 Å². The summed E-state index contributed by atoms with van der Waals surface area (Å²) in [5.74, 6) is -0.915. The topological polar surface area (TPSA) is 60.8 Å². The predicted molar refractivity (Wildman–Crippen MR) is 39.2 cm³/mol. The van der Waals surface area contributed by atoms with Crippen molar-refractivity contribution in [2.75, 3.05) is 20.2 Å². The van der Waals surface area contributed by atoms with Gasteiger partial charge in [0.1, 0.15) is 6.04 Å². The number of aliphatic hydroxyl groups is 1. The highest BCUT2D eigenvalue weighted by Crippen LogP contribution is 2.21. The third-order valence-corrected chi connectivity index (χ3v) is 2.26. The highest BCUT2D eigenvalue weighted by molar-refractivity contribution is 5.74. The first kappa shape index (κ1) is 8.49. The lowest BCUT2D eigenvalue weighted by Gasteiger charge is -2.18. The Labute approximate surface area is 65.4 Å². The van der Waals surface area contributed by atoms with Crippen molar-refractivity contribution in [3.05, 3.63) is 0 Å². The zero-order chi connectivity index (χ0) is 8.43. The Morgan fingerprint density at radius 1 is 1.73 bits per heavy atom. The van der Waals surface area contributed by atoms with Crippen LogP contribution in [0.4, 0.5) is 0 Å². The Morgan fingerprint density at radius 2 is 2.36 bits per heavy atom. The van der Waals surface area contributed by atoms with Crippen LogP contribution < -0.4 is 0 Å². The summed E-state index contributed by atoms with van der Waals surface area (Å²) >= 11 is 0. The standard InChI is InChI=1S/C7H13NO3/c1-8-3-2-5(4-9)6(8)7(10)11/h5-6,9H,2-4H2,1H3,(H,10,11)/t5-,6-/m0/s1. The minimum absolute atomic E-state index is 0.0265. The van der Waals surface area contributed by atoms with Crippen LogP contribution in [0.15, 0.2) is 0 Å². The monoisotopic (exact) mass is 159 g/mol. The minimum Gasteiger partial charge on any atom is -0.480 e. The van der Waals surface area contributed by atoms with Crippen LogP contribution in [-0.2, 0) is 4.79 Å². The molecule has 0 spiro atoms. The van der Waals surface area contributed by atoms with Gasteiger partial charge in [-0.1, -0.05) is 0 Å². The van der Waals surface area contributed by atoms with E-state index < -0.39 is 12.0 Å². The van der Waals surface area contributed by atoms with Crippen molar-refractivity contribution >= 4 is 5.97 Å². The summed E-state index contributed by atoms with van der Waals surface area (Å²) in [5, 5.41) is 17.5. The smallest absolute Gasteiger partial charge is 0.321 e. The van der Waals surface area contributed by atoms with Crippen molar-refractivity contribution in [3.63, 3.8) is 0 Å². The number of aliphatic carboxylic acids is 1. The zero-order valence-electron chi connectivity index (χ0n) is 6.53. The molecule has 0 unspecified atom stereocenters. The largest absolute Gasteiger partial charge is 0.480 e. The van der Waals surface area contributed by atoms with Crippen LogP contribution in [0.5, 0.6) is 0 Å². The average molecular weight is 159 g/mol. The summed E-state index contributed by atoms with van der Waals surface area (Å²) in [7, 11) is 1.77. The maximum Gasteiger partial charge on any atom is 0.321 e. The van der Waals surface area contributed by atoms with E-state index in [9.17, 15) is 4.79 Å². The summed E-state index contributed by atoms with van der Waals surface area (Å²) in [6, 6.07) is -0.486. The van der Waals surface area contributed by atoms with Crippen molar-refractivity contribution in [2.45, 2.75) is 12.5 Å². The van der Waals surface area contributed by atoms with E-state index in [0.29, 0.717) is 0 Å². The third-order valence-electron chi connectivity index (χ3n) is 2.26. The maximum atomic E-state index is 10.6. The van der Waals surface area contributed by atoms with E-state index in [-0.39, 0.29) is 12.5 Å². The number of hydrogen-bond acceptors (Lipinski definition) is 3. The van der Waals surface area contributed by atoms with Gasteiger partial charge in [0.25, 0.3) is 0 Å². The molecule has 4 nitrogen and oxygen atoms in total. The number of likely N-dealkylation sites (tertiary alicyclic amines) is 1. The van der Waals surface area contributed by atoms with Gasteiger partial charge in [-0.25, -0.2) is 0 Å². The molecule has 0 aromatic rings. The molecule has 0 saturated carbocycles. The number of carbonyl (C=O) groups is 1. The predicted octanol–water partition coefficient (Wildman–Crippen LogP) is -0.616.